The lowest BCUT2D eigenvalue weighted by Crippen LogP contribution is -2.37. The zero-order chi connectivity index (χ0) is 12.4. The molecule has 1 aliphatic carbocycles. The molecule has 3 rings (SSSR count). The van der Waals surface area contributed by atoms with Crippen LogP contribution in [0.1, 0.15) is 50.0 Å². The van der Waals surface area contributed by atoms with E-state index in [0.29, 0.717) is 5.92 Å². The molecule has 1 aromatic carbocycles. The van der Waals surface area contributed by atoms with E-state index in [-0.39, 0.29) is 18.3 Å². The van der Waals surface area contributed by atoms with E-state index in [1.54, 1.807) is 0 Å². The van der Waals surface area contributed by atoms with Gasteiger partial charge in [-0.05, 0) is 24.8 Å². The second-order valence-corrected chi connectivity index (χ2v) is 5.75. The lowest BCUT2D eigenvalue weighted by molar-refractivity contribution is -0.0835. The van der Waals surface area contributed by atoms with Crippen LogP contribution in [0.5, 0.6) is 0 Å². The average Bonchev–Trinajstić information content (AvgIpc) is 2.79. The van der Waals surface area contributed by atoms with Gasteiger partial charge in [0.15, 0.2) is 0 Å². The molecule has 98 valence electrons. The first-order valence-electron chi connectivity index (χ1n) is 7.18. The van der Waals surface area contributed by atoms with Crippen LogP contribution in [0.4, 0.5) is 0 Å². The van der Waals surface area contributed by atoms with Crippen LogP contribution in [0.3, 0.4) is 0 Å². The molecule has 18 heavy (non-hydrogen) atoms. The highest BCUT2D eigenvalue weighted by Crippen LogP contribution is 2.50. The minimum atomic E-state index is 0.00694. The summed E-state index contributed by atoms with van der Waals surface area (Å²) >= 11 is 0. The zero-order valence-electron chi connectivity index (χ0n) is 10.8. The fourth-order valence-electron chi connectivity index (χ4n) is 3.79. The van der Waals surface area contributed by atoms with Crippen molar-refractivity contribution in [3.8, 4) is 0 Å². The van der Waals surface area contributed by atoms with E-state index in [0.717, 1.165) is 19.3 Å². The Kier molecular flexibility index (Phi) is 3.40. The van der Waals surface area contributed by atoms with Crippen LogP contribution in [0.15, 0.2) is 30.3 Å². The smallest absolute Gasteiger partial charge is 0.0820 e. The second-order valence-electron chi connectivity index (χ2n) is 5.75. The topological polar surface area (TPSA) is 29.5 Å². The number of aliphatic hydroxyl groups is 1. The molecule has 2 nitrogen and oxygen atoms in total. The predicted molar refractivity (Wildman–Crippen MR) is 71.6 cm³/mol. The van der Waals surface area contributed by atoms with Gasteiger partial charge in [-0.2, -0.15) is 0 Å². The number of ether oxygens (including phenoxy) is 1. The van der Waals surface area contributed by atoms with Gasteiger partial charge in [-0.15, -0.1) is 0 Å². The van der Waals surface area contributed by atoms with E-state index in [1.165, 1.54) is 24.8 Å². The number of hydrogen-bond donors (Lipinski definition) is 1. The van der Waals surface area contributed by atoms with Gasteiger partial charge in [-0.3, -0.25) is 0 Å². The van der Waals surface area contributed by atoms with Crippen molar-refractivity contribution >= 4 is 0 Å². The molecule has 0 bridgehead atoms. The van der Waals surface area contributed by atoms with E-state index in [1.807, 2.05) is 0 Å². The van der Waals surface area contributed by atoms with E-state index < -0.39 is 0 Å². The van der Waals surface area contributed by atoms with Gasteiger partial charge in [0.2, 0.25) is 0 Å². The summed E-state index contributed by atoms with van der Waals surface area (Å²) in [5, 5.41) is 9.42. The molecule has 0 amide bonds. The van der Waals surface area contributed by atoms with Crippen molar-refractivity contribution in [1.82, 2.24) is 0 Å². The maximum Gasteiger partial charge on any atom is 0.0820 e. The minimum absolute atomic E-state index is 0.00694. The van der Waals surface area contributed by atoms with Gasteiger partial charge in [0.05, 0.1) is 18.3 Å². The summed E-state index contributed by atoms with van der Waals surface area (Å²) in [7, 11) is 0. The number of rotatable bonds is 2. The molecule has 0 aromatic heterocycles. The first kappa shape index (κ1) is 12.2. The molecule has 2 aliphatic rings. The van der Waals surface area contributed by atoms with Gasteiger partial charge in [-0.1, -0.05) is 49.6 Å². The van der Waals surface area contributed by atoms with Crippen LogP contribution in [0.2, 0.25) is 0 Å². The number of hydrogen-bond acceptors (Lipinski definition) is 2. The molecule has 1 aliphatic heterocycles. The zero-order valence-corrected chi connectivity index (χ0v) is 10.8. The Morgan fingerprint density at radius 1 is 1.11 bits per heavy atom. The lowest BCUT2D eigenvalue weighted by atomic mass is 9.73. The van der Waals surface area contributed by atoms with Gasteiger partial charge in [0.25, 0.3) is 0 Å². The minimum Gasteiger partial charge on any atom is -0.394 e. The molecule has 1 saturated carbocycles. The van der Waals surface area contributed by atoms with Crippen LogP contribution in [-0.4, -0.2) is 23.4 Å². The molecule has 2 heteroatoms. The molecule has 0 radical (unpaired) electrons. The summed E-state index contributed by atoms with van der Waals surface area (Å²) in [6.45, 7) is 0.158. The van der Waals surface area contributed by atoms with E-state index >= 15 is 0 Å². The van der Waals surface area contributed by atoms with E-state index in [4.69, 9.17) is 4.74 Å². The summed E-state index contributed by atoms with van der Waals surface area (Å²) in [6, 6.07) is 10.7. The Morgan fingerprint density at radius 2 is 1.83 bits per heavy atom. The Morgan fingerprint density at radius 3 is 2.50 bits per heavy atom. The molecule has 1 heterocycles. The van der Waals surface area contributed by atoms with Crippen LogP contribution in [0, 0.1) is 0 Å². The highest BCUT2D eigenvalue weighted by molar-refractivity contribution is 5.25. The van der Waals surface area contributed by atoms with Gasteiger partial charge >= 0.3 is 0 Å². The quantitative estimate of drug-likeness (QED) is 0.868. The summed E-state index contributed by atoms with van der Waals surface area (Å²) in [4.78, 5) is 0. The third-order valence-corrected chi connectivity index (χ3v) is 4.64. The van der Waals surface area contributed by atoms with Crippen LogP contribution < -0.4 is 0 Å². The summed E-state index contributed by atoms with van der Waals surface area (Å²) < 4.78 is 6.26. The van der Waals surface area contributed by atoms with Crippen LogP contribution in [0.25, 0.3) is 0 Å². The van der Waals surface area contributed by atoms with Gasteiger partial charge in [0.1, 0.15) is 0 Å². The number of aliphatic hydroxyl groups excluding tert-OH is 1. The Hall–Kier alpha value is -0.860. The molecular weight excluding hydrogens is 224 g/mol. The van der Waals surface area contributed by atoms with Crippen molar-refractivity contribution in [2.24, 2.45) is 0 Å². The molecule has 1 N–H and O–H groups in total. The standard InChI is InChI=1S/C16H22O2/c17-12-14-11-15(13-7-3-1-4-8-13)16(18-14)9-5-2-6-10-16/h1,3-4,7-8,14-15,17H,2,5-6,9-12H2/t14-,15?/m0/s1. The Labute approximate surface area is 109 Å². The van der Waals surface area contributed by atoms with Gasteiger partial charge < -0.3 is 9.84 Å². The lowest BCUT2D eigenvalue weighted by Gasteiger charge is -2.38. The largest absolute Gasteiger partial charge is 0.394 e. The summed E-state index contributed by atoms with van der Waals surface area (Å²) in [5.41, 5.74) is 1.39. The maximum absolute atomic E-state index is 9.42. The van der Waals surface area contributed by atoms with Crippen molar-refractivity contribution in [3.63, 3.8) is 0 Å². The van der Waals surface area contributed by atoms with Crippen molar-refractivity contribution in [2.75, 3.05) is 6.61 Å². The third kappa shape index (κ3) is 2.08. The van der Waals surface area contributed by atoms with Crippen molar-refractivity contribution < 1.29 is 9.84 Å². The third-order valence-electron chi connectivity index (χ3n) is 4.64. The van der Waals surface area contributed by atoms with E-state index in [2.05, 4.69) is 30.3 Å². The molecule has 1 aromatic rings. The monoisotopic (exact) mass is 246 g/mol. The fourth-order valence-corrected chi connectivity index (χ4v) is 3.79. The second kappa shape index (κ2) is 5.02. The van der Waals surface area contributed by atoms with Gasteiger partial charge in [0, 0.05) is 5.92 Å². The van der Waals surface area contributed by atoms with E-state index in [9.17, 15) is 5.11 Å². The van der Waals surface area contributed by atoms with Crippen LogP contribution >= 0.6 is 0 Å². The normalized spacial score (nSPS) is 30.7. The first-order valence-corrected chi connectivity index (χ1v) is 7.18. The highest BCUT2D eigenvalue weighted by Gasteiger charge is 2.48. The average molecular weight is 246 g/mol. The van der Waals surface area contributed by atoms with Crippen LogP contribution in [-0.2, 0) is 4.74 Å². The van der Waals surface area contributed by atoms with Crippen molar-refractivity contribution in [3.05, 3.63) is 35.9 Å². The summed E-state index contributed by atoms with van der Waals surface area (Å²) in [5.74, 6) is 0.469. The first-order chi connectivity index (χ1) is 8.84. The van der Waals surface area contributed by atoms with Gasteiger partial charge in [-0.25, -0.2) is 0 Å². The fraction of sp³-hybridized carbons (Fsp3) is 0.625. The SMILES string of the molecule is OC[C@@H]1CC(c2ccccc2)C2(CCCCC2)O1. The predicted octanol–water partition coefficient (Wildman–Crippen LogP) is 3.25. The molecule has 2 atom stereocenters. The summed E-state index contributed by atoms with van der Waals surface area (Å²) in [6.07, 6.45) is 7.18. The molecule has 2 fully saturated rings. The van der Waals surface area contributed by atoms with Crippen molar-refractivity contribution in [2.45, 2.75) is 56.1 Å². The highest BCUT2D eigenvalue weighted by atomic mass is 16.5. The molecule has 1 spiro atoms. The number of benzene rings is 1. The molecular formula is C16H22O2. The molecule has 1 saturated heterocycles. The molecule has 1 unspecified atom stereocenters. The van der Waals surface area contributed by atoms with Crippen molar-refractivity contribution in [1.29, 1.82) is 0 Å². The maximum atomic E-state index is 9.42. The Balaban J connectivity index is 1.90. The Bertz CT molecular complexity index is 381.